The van der Waals surface area contributed by atoms with Crippen LogP contribution in [0.25, 0.3) is 0 Å². The van der Waals surface area contributed by atoms with Crippen LogP contribution in [0, 0.1) is 5.92 Å². The zero-order chi connectivity index (χ0) is 15.2. The maximum Gasteiger partial charge on any atom is 0.155 e. The Hall–Kier alpha value is -0.870. The Morgan fingerprint density at radius 1 is 1.10 bits per heavy atom. The molecule has 0 heterocycles. The second-order valence-corrected chi connectivity index (χ2v) is 8.00. The molecule has 0 spiro atoms. The van der Waals surface area contributed by atoms with Crippen LogP contribution in [0.2, 0.25) is 0 Å². The number of unbranched alkanes of at least 4 members (excludes halogenated alkanes) is 2. The first kappa shape index (κ1) is 17.2. The lowest BCUT2D eigenvalue weighted by molar-refractivity contribution is 0.480. The molecule has 1 aromatic rings. The summed E-state index contributed by atoms with van der Waals surface area (Å²) >= 11 is 0. The molecule has 0 aliphatic carbocycles. The molecule has 0 bridgehead atoms. The van der Waals surface area contributed by atoms with Crippen molar-refractivity contribution in [2.24, 2.45) is 11.7 Å². The predicted octanol–water partition coefficient (Wildman–Crippen LogP) is 3.32. The zero-order valence-corrected chi connectivity index (χ0v) is 13.6. The molecule has 0 radical (unpaired) electrons. The average molecular weight is 297 g/mol. The standard InChI is InChI=1S/C16H27NO2S/c1-4-5-9-12-20(18,19)16(13(2)3)15(17)14-10-7-6-8-11-14/h6-8,10-11,13,15-16H,4-5,9,12,17H2,1-3H3. The normalized spacial score (nSPS) is 15.2. The molecule has 0 saturated heterocycles. The lowest BCUT2D eigenvalue weighted by Crippen LogP contribution is -2.39. The van der Waals surface area contributed by atoms with Crippen molar-refractivity contribution in [1.82, 2.24) is 0 Å². The van der Waals surface area contributed by atoms with Crippen molar-refractivity contribution in [3.05, 3.63) is 35.9 Å². The van der Waals surface area contributed by atoms with Crippen LogP contribution in [-0.2, 0) is 9.84 Å². The molecule has 0 aliphatic heterocycles. The van der Waals surface area contributed by atoms with Crippen LogP contribution in [0.1, 0.15) is 51.6 Å². The third-order valence-corrected chi connectivity index (χ3v) is 6.17. The summed E-state index contributed by atoms with van der Waals surface area (Å²) in [6.45, 7) is 5.94. The van der Waals surface area contributed by atoms with E-state index in [2.05, 4.69) is 6.92 Å². The van der Waals surface area contributed by atoms with E-state index in [-0.39, 0.29) is 11.7 Å². The fraction of sp³-hybridized carbons (Fsp3) is 0.625. The molecule has 0 aromatic heterocycles. The molecule has 20 heavy (non-hydrogen) atoms. The van der Waals surface area contributed by atoms with Gasteiger partial charge in [0.05, 0.1) is 11.0 Å². The molecule has 1 rings (SSSR count). The molecule has 114 valence electrons. The number of benzene rings is 1. The third kappa shape index (κ3) is 4.60. The molecule has 0 saturated carbocycles. The molecule has 4 heteroatoms. The van der Waals surface area contributed by atoms with Crippen LogP contribution in [0.4, 0.5) is 0 Å². The molecule has 0 aliphatic rings. The molecule has 1 aromatic carbocycles. The first-order valence-corrected chi connectivity index (χ1v) is 9.13. The van der Waals surface area contributed by atoms with Gasteiger partial charge >= 0.3 is 0 Å². The Balaban J connectivity index is 2.94. The van der Waals surface area contributed by atoms with Crippen LogP contribution in [0.3, 0.4) is 0 Å². The largest absolute Gasteiger partial charge is 0.323 e. The molecule has 2 atom stereocenters. The van der Waals surface area contributed by atoms with E-state index in [1.165, 1.54) is 0 Å². The van der Waals surface area contributed by atoms with Gasteiger partial charge in [-0.1, -0.05) is 63.9 Å². The third-order valence-electron chi connectivity index (χ3n) is 3.64. The smallest absolute Gasteiger partial charge is 0.155 e. The van der Waals surface area contributed by atoms with Crippen LogP contribution in [0.15, 0.2) is 30.3 Å². The summed E-state index contributed by atoms with van der Waals surface area (Å²) in [6.07, 6.45) is 2.70. The van der Waals surface area contributed by atoms with Crippen molar-refractivity contribution in [2.45, 2.75) is 51.3 Å². The highest BCUT2D eigenvalue weighted by atomic mass is 32.2. The number of rotatable bonds is 8. The minimum Gasteiger partial charge on any atom is -0.323 e. The van der Waals surface area contributed by atoms with E-state index in [1.807, 2.05) is 44.2 Å². The van der Waals surface area contributed by atoms with Crippen LogP contribution in [0.5, 0.6) is 0 Å². The summed E-state index contributed by atoms with van der Waals surface area (Å²) in [5.74, 6) is 0.251. The van der Waals surface area contributed by atoms with Gasteiger partial charge in [0.1, 0.15) is 0 Å². The Morgan fingerprint density at radius 2 is 1.70 bits per heavy atom. The maximum absolute atomic E-state index is 12.6. The first-order valence-electron chi connectivity index (χ1n) is 7.42. The minimum atomic E-state index is -3.17. The Morgan fingerprint density at radius 3 is 2.20 bits per heavy atom. The second kappa shape index (κ2) is 7.79. The van der Waals surface area contributed by atoms with Gasteiger partial charge in [-0.3, -0.25) is 0 Å². The van der Waals surface area contributed by atoms with Crippen molar-refractivity contribution in [2.75, 3.05) is 5.75 Å². The summed E-state index contributed by atoms with van der Waals surface area (Å²) in [5, 5.41) is -0.512. The predicted molar refractivity (Wildman–Crippen MR) is 85.3 cm³/mol. The van der Waals surface area contributed by atoms with Gasteiger partial charge in [-0.15, -0.1) is 0 Å². The number of nitrogens with two attached hydrogens (primary N) is 1. The summed E-state index contributed by atoms with van der Waals surface area (Å²) < 4.78 is 25.2. The van der Waals surface area contributed by atoms with Crippen molar-refractivity contribution >= 4 is 9.84 Å². The lowest BCUT2D eigenvalue weighted by atomic mass is 9.97. The van der Waals surface area contributed by atoms with E-state index in [4.69, 9.17) is 5.73 Å². The molecule has 0 amide bonds. The van der Waals surface area contributed by atoms with Crippen LogP contribution in [-0.4, -0.2) is 19.4 Å². The topological polar surface area (TPSA) is 60.2 Å². The van der Waals surface area contributed by atoms with Crippen molar-refractivity contribution < 1.29 is 8.42 Å². The van der Waals surface area contributed by atoms with Gasteiger partial charge in [-0.25, -0.2) is 8.42 Å². The zero-order valence-electron chi connectivity index (χ0n) is 12.7. The lowest BCUT2D eigenvalue weighted by Gasteiger charge is -2.27. The average Bonchev–Trinajstić information content (AvgIpc) is 2.39. The molecular weight excluding hydrogens is 270 g/mol. The quantitative estimate of drug-likeness (QED) is 0.749. The van der Waals surface area contributed by atoms with Gasteiger partial charge in [-0.05, 0) is 17.9 Å². The summed E-state index contributed by atoms with van der Waals surface area (Å²) in [5.41, 5.74) is 7.15. The van der Waals surface area contributed by atoms with Gasteiger partial charge in [0, 0.05) is 6.04 Å². The fourth-order valence-corrected chi connectivity index (χ4v) is 4.92. The Bertz CT molecular complexity index is 482. The highest BCUT2D eigenvalue weighted by Gasteiger charge is 2.34. The SMILES string of the molecule is CCCCCS(=O)(=O)C(C(C)C)C(N)c1ccccc1. The van der Waals surface area contributed by atoms with Gasteiger partial charge in [0.25, 0.3) is 0 Å². The van der Waals surface area contributed by atoms with E-state index in [0.29, 0.717) is 0 Å². The maximum atomic E-state index is 12.6. The van der Waals surface area contributed by atoms with Crippen molar-refractivity contribution in [3.8, 4) is 0 Å². The van der Waals surface area contributed by atoms with Crippen LogP contribution >= 0.6 is 0 Å². The van der Waals surface area contributed by atoms with E-state index < -0.39 is 21.1 Å². The second-order valence-electron chi connectivity index (χ2n) is 5.72. The minimum absolute atomic E-state index is 0.0110. The molecule has 2 unspecified atom stereocenters. The first-order chi connectivity index (χ1) is 9.40. The molecule has 0 fully saturated rings. The van der Waals surface area contributed by atoms with Gasteiger partial charge in [0.2, 0.25) is 0 Å². The van der Waals surface area contributed by atoms with Gasteiger partial charge < -0.3 is 5.73 Å². The Kier molecular flexibility index (Phi) is 6.69. The highest BCUT2D eigenvalue weighted by Crippen LogP contribution is 2.27. The van der Waals surface area contributed by atoms with E-state index in [9.17, 15) is 8.42 Å². The number of hydrogen-bond acceptors (Lipinski definition) is 3. The molecule has 3 nitrogen and oxygen atoms in total. The summed E-state index contributed by atoms with van der Waals surface area (Å²) in [6, 6.07) is 9.06. The van der Waals surface area contributed by atoms with Gasteiger partial charge in [0.15, 0.2) is 9.84 Å². The Labute approximate surface area is 123 Å². The number of hydrogen-bond donors (Lipinski definition) is 1. The monoisotopic (exact) mass is 297 g/mol. The number of sulfone groups is 1. The van der Waals surface area contributed by atoms with Gasteiger partial charge in [-0.2, -0.15) is 0 Å². The summed E-state index contributed by atoms with van der Waals surface area (Å²) in [7, 11) is -3.17. The molecular formula is C16H27NO2S. The van der Waals surface area contributed by atoms with Crippen LogP contribution < -0.4 is 5.73 Å². The van der Waals surface area contributed by atoms with E-state index >= 15 is 0 Å². The van der Waals surface area contributed by atoms with Crippen molar-refractivity contribution in [3.63, 3.8) is 0 Å². The fourth-order valence-electron chi connectivity index (χ4n) is 2.61. The van der Waals surface area contributed by atoms with E-state index in [0.717, 1.165) is 24.8 Å². The molecule has 2 N–H and O–H groups in total. The summed E-state index contributed by atoms with van der Waals surface area (Å²) in [4.78, 5) is 0. The highest BCUT2D eigenvalue weighted by molar-refractivity contribution is 7.92. The van der Waals surface area contributed by atoms with Crippen molar-refractivity contribution in [1.29, 1.82) is 0 Å². The van der Waals surface area contributed by atoms with E-state index in [1.54, 1.807) is 0 Å².